The summed E-state index contributed by atoms with van der Waals surface area (Å²) >= 11 is 0. The Bertz CT molecular complexity index is 684. The second kappa shape index (κ2) is 7.85. The van der Waals surface area contributed by atoms with Gasteiger partial charge >= 0.3 is 0 Å². The molecule has 0 saturated heterocycles. The van der Waals surface area contributed by atoms with Gasteiger partial charge in [0.1, 0.15) is 0 Å². The van der Waals surface area contributed by atoms with E-state index in [0.29, 0.717) is 16.7 Å². The van der Waals surface area contributed by atoms with Crippen LogP contribution >= 0.6 is 0 Å². The van der Waals surface area contributed by atoms with Gasteiger partial charge in [-0.05, 0) is 112 Å². The molecule has 0 bridgehead atoms. The largest absolute Gasteiger partial charge is 0.393 e. The van der Waals surface area contributed by atoms with Crippen LogP contribution in [0.5, 0.6) is 0 Å². The number of fused-ring (bicyclic) bond motifs is 4. The number of hydrogen-bond donors (Lipinski definition) is 1. The van der Waals surface area contributed by atoms with Crippen molar-refractivity contribution in [1.29, 1.82) is 0 Å². The lowest BCUT2D eigenvalue weighted by molar-refractivity contribution is 0.0136. The average molecular weight is 399 g/mol. The van der Waals surface area contributed by atoms with Gasteiger partial charge in [0.15, 0.2) is 0 Å². The normalized spacial score (nSPS) is 43.8. The molecular weight excluding hydrogens is 352 g/mol. The molecule has 0 aromatic carbocycles. The number of aliphatic hydroxyl groups excluding tert-OH is 1. The summed E-state index contributed by atoms with van der Waals surface area (Å²) in [6.07, 6.45) is 15.3. The molecule has 2 fully saturated rings. The van der Waals surface area contributed by atoms with Gasteiger partial charge in [0.25, 0.3) is 0 Å². The average Bonchev–Trinajstić information content (AvgIpc) is 3.03. The molecule has 164 valence electrons. The van der Waals surface area contributed by atoms with Crippen molar-refractivity contribution >= 4 is 0 Å². The number of allylic oxidation sites excluding steroid dienone is 4. The van der Waals surface area contributed by atoms with Crippen molar-refractivity contribution in [1.82, 2.24) is 0 Å². The molecule has 1 heteroatoms. The molecule has 29 heavy (non-hydrogen) atoms. The van der Waals surface area contributed by atoms with Gasteiger partial charge in [0.2, 0.25) is 0 Å². The summed E-state index contributed by atoms with van der Waals surface area (Å²) in [5.41, 5.74) is 6.25. The Morgan fingerprint density at radius 2 is 1.83 bits per heavy atom. The quantitative estimate of drug-likeness (QED) is 0.481. The van der Waals surface area contributed by atoms with Crippen molar-refractivity contribution in [2.45, 2.75) is 112 Å². The summed E-state index contributed by atoms with van der Waals surface area (Å²) in [6.45, 7) is 14.7. The maximum Gasteiger partial charge on any atom is 0.0543 e. The minimum atomic E-state index is -0.0388. The second-order valence-electron chi connectivity index (χ2n) is 12.1. The highest BCUT2D eigenvalue weighted by atomic mass is 16.3. The van der Waals surface area contributed by atoms with Crippen LogP contribution in [-0.4, -0.2) is 11.2 Å². The molecule has 0 spiro atoms. The third-order valence-electron chi connectivity index (χ3n) is 10.4. The zero-order chi connectivity index (χ0) is 21.0. The van der Waals surface area contributed by atoms with E-state index >= 15 is 0 Å². The van der Waals surface area contributed by atoms with Crippen molar-refractivity contribution in [3.8, 4) is 0 Å². The van der Waals surface area contributed by atoms with Crippen LogP contribution in [0.25, 0.3) is 0 Å². The van der Waals surface area contributed by atoms with Gasteiger partial charge in [0.05, 0.1) is 6.10 Å². The molecule has 4 rings (SSSR count). The standard InChI is InChI=1S/C28H46O/c1-18(2)19(3)7-8-20(4)24-11-12-25-23-10-9-21-17-22(29)13-15-27(21,5)26(23)14-16-28(24,25)6/h7,18,20-22,24-25,29H,8-17H2,1-6H3. The predicted molar refractivity (Wildman–Crippen MR) is 124 cm³/mol. The van der Waals surface area contributed by atoms with Crippen LogP contribution in [0.15, 0.2) is 22.8 Å². The predicted octanol–water partition coefficient (Wildman–Crippen LogP) is 7.70. The molecule has 0 heterocycles. The Labute approximate surface area is 180 Å². The Morgan fingerprint density at radius 1 is 1.07 bits per heavy atom. The van der Waals surface area contributed by atoms with Crippen molar-refractivity contribution in [2.24, 2.45) is 40.4 Å². The van der Waals surface area contributed by atoms with Crippen LogP contribution in [0.2, 0.25) is 0 Å². The Morgan fingerprint density at radius 3 is 2.55 bits per heavy atom. The molecule has 0 aromatic rings. The van der Waals surface area contributed by atoms with Gasteiger partial charge in [-0.3, -0.25) is 0 Å². The second-order valence-corrected chi connectivity index (χ2v) is 12.1. The first-order chi connectivity index (χ1) is 13.7. The minimum Gasteiger partial charge on any atom is -0.393 e. The lowest BCUT2D eigenvalue weighted by atomic mass is 9.50. The molecule has 4 aliphatic carbocycles. The van der Waals surface area contributed by atoms with E-state index < -0.39 is 0 Å². The summed E-state index contributed by atoms with van der Waals surface area (Å²) in [6, 6.07) is 0. The maximum atomic E-state index is 10.2. The highest BCUT2D eigenvalue weighted by Gasteiger charge is 2.55. The first kappa shape index (κ1) is 21.7. The topological polar surface area (TPSA) is 20.2 Å². The molecular formula is C28H46O. The third kappa shape index (κ3) is 3.58. The smallest absolute Gasteiger partial charge is 0.0543 e. The number of rotatable bonds is 4. The highest BCUT2D eigenvalue weighted by molar-refractivity contribution is 5.34. The van der Waals surface area contributed by atoms with Crippen LogP contribution in [0.4, 0.5) is 0 Å². The lowest BCUT2D eigenvalue weighted by Crippen LogP contribution is -2.45. The van der Waals surface area contributed by atoms with Gasteiger partial charge in [-0.25, -0.2) is 0 Å². The molecule has 0 radical (unpaired) electrons. The summed E-state index contributed by atoms with van der Waals surface area (Å²) in [7, 11) is 0. The van der Waals surface area contributed by atoms with Gasteiger partial charge in [-0.1, -0.05) is 57.4 Å². The summed E-state index contributed by atoms with van der Waals surface area (Å²) < 4.78 is 0. The van der Waals surface area contributed by atoms with Gasteiger partial charge in [-0.2, -0.15) is 0 Å². The van der Waals surface area contributed by atoms with Crippen LogP contribution < -0.4 is 0 Å². The molecule has 0 aromatic heterocycles. The van der Waals surface area contributed by atoms with Gasteiger partial charge in [0, 0.05) is 0 Å². The van der Waals surface area contributed by atoms with Crippen molar-refractivity contribution in [3.63, 3.8) is 0 Å². The molecule has 2 saturated carbocycles. The van der Waals surface area contributed by atoms with E-state index in [0.717, 1.165) is 36.5 Å². The fourth-order valence-electron chi connectivity index (χ4n) is 8.19. The van der Waals surface area contributed by atoms with Gasteiger partial charge in [-0.15, -0.1) is 0 Å². The van der Waals surface area contributed by atoms with Crippen LogP contribution in [-0.2, 0) is 0 Å². The molecule has 0 amide bonds. The zero-order valence-electron chi connectivity index (χ0n) is 20.1. The van der Waals surface area contributed by atoms with Crippen LogP contribution in [0.3, 0.4) is 0 Å². The first-order valence-corrected chi connectivity index (χ1v) is 12.7. The monoisotopic (exact) mass is 398 g/mol. The fourth-order valence-corrected chi connectivity index (χ4v) is 8.19. The fraction of sp³-hybridized carbons (Fsp3) is 0.857. The zero-order valence-corrected chi connectivity index (χ0v) is 20.1. The Kier molecular flexibility index (Phi) is 5.86. The van der Waals surface area contributed by atoms with E-state index in [4.69, 9.17) is 0 Å². The maximum absolute atomic E-state index is 10.2. The Balaban J connectivity index is 1.56. The number of hydrogen-bond acceptors (Lipinski definition) is 1. The number of aliphatic hydroxyl groups is 1. The first-order valence-electron chi connectivity index (χ1n) is 12.7. The van der Waals surface area contributed by atoms with Gasteiger partial charge < -0.3 is 5.11 Å². The summed E-state index contributed by atoms with van der Waals surface area (Å²) in [4.78, 5) is 0. The Hall–Kier alpha value is -0.560. The summed E-state index contributed by atoms with van der Waals surface area (Å²) in [5, 5.41) is 10.2. The lowest BCUT2D eigenvalue weighted by Gasteiger charge is -2.55. The van der Waals surface area contributed by atoms with E-state index in [2.05, 4.69) is 47.6 Å². The van der Waals surface area contributed by atoms with Crippen molar-refractivity contribution in [3.05, 3.63) is 22.8 Å². The van der Waals surface area contributed by atoms with E-state index in [-0.39, 0.29) is 6.10 Å². The molecule has 4 aliphatic rings. The SMILES string of the molecule is CC(=CCC(C)C1CCC2C3=C(CCC21C)C1(C)CCC(O)CC1CC3)C(C)C. The van der Waals surface area contributed by atoms with Crippen molar-refractivity contribution < 1.29 is 5.11 Å². The van der Waals surface area contributed by atoms with E-state index in [1.54, 1.807) is 5.57 Å². The molecule has 7 atom stereocenters. The van der Waals surface area contributed by atoms with E-state index in [1.165, 1.54) is 51.4 Å². The molecule has 0 aliphatic heterocycles. The van der Waals surface area contributed by atoms with E-state index in [1.807, 2.05) is 11.1 Å². The van der Waals surface area contributed by atoms with Crippen molar-refractivity contribution in [2.75, 3.05) is 0 Å². The highest BCUT2D eigenvalue weighted by Crippen LogP contribution is 2.65. The molecule has 1 nitrogen and oxygen atoms in total. The summed E-state index contributed by atoms with van der Waals surface area (Å²) in [5.74, 6) is 3.95. The van der Waals surface area contributed by atoms with Crippen LogP contribution in [0.1, 0.15) is 106 Å². The minimum absolute atomic E-state index is 0.0388. The molecule has 1 N–H and O–H groups in total. The van der Waals surface area contributed by atoms with Crippen LogP contribution in [0, 0.1) is 40.4 Å². The third-order valence-corrected chi connectivity index (χ3v) is 10.4. The van der Waals surface area contributed by atoms with E-state index in [9.17, 15) is 5.11 Å². The molecule has 7 unspecified atom stereocenters.